The minimum absolute atomic E-state index is 0.405. The minimum atomic E-state index is 0.405. The molecule has 0 aromatic heterocycles. The normalized spacial score (nSPS) is 33.9. The zero-order valence-electron chi connectivity index (χ0n) is 10.6. The summed E-state index contributed by atoms with van der Waals surface area (Å²) in [5.41, 5.74) is 0. The number of hydrogen-bond donors (Lipinski definition) is 0. The molecule has 0 aromatic carbocycles. The van der Waals surface area contributed by atoms with Gasteiger partial charge >= 0.3 is 0 Å². The lowest BCUT2D eigenvalue weighted by Crippen LogP contribution is -2.46. The fourth-order valence-corrected chi connectivity index (χ4v) is 3.92. The van der Waals surface area contributed by atoms with E-state index in [2.05, 4.69) is 11.9 Å². The Kier molecular flexibility index (Phi) is 4.97. The average molecular weight is 244 g/mol. The van der Waals surface area contributed by atoms with Gasteiger partial charge in [0.05, 0.1) is 0 Å². The van der Waals surface area contributed by atoms with Crippen molar-refractivity contribution in [3.63, 3.8) is 0 Å². The molecule has 0 aromatic rings. The van der Waals surface area contributed by atoms with Crippen LogP contribution in [0.25, 0.3) is 0 Å². The van der Waals surface area contributed by atoms with Crippen LogP contribution < -0.4 is 0 Å². The van der Waals surface area contributed by atoms with Gasteiger partial charge in [-0.2, -0.15) is 0 Å². The maximum Gasteiger partial charge on any atom is 0.0491 e. The summed E-state index contributed by atoms with van der Waals surface area (Å²) in [6, 6.07) is 1.46. The van der Waals surface area contributed by atoms with Gasteiger partial charge in [0.15, 0.2) is 0 Å². The monoisotopic (exact) mass is 243 g/mol. The van der Waals surface area contributed by atoms with E-state index in [4.69, 9.17) is 11.6 Å². The third-order valence-corrected chi connectivity index (χ3v) is 5.08. The molecule has 2 heteroatoms. The highest BCUT2D eigenvalue weighted by molar-refractivity contribution is 6.21. The van der Waals surface area contributed by atoms with Crippen molar-refractivity contribution in [2.24, 2.45) is 0 Å². The van der Waals surface area contributed by atoms with E-state index in [9.17, 15) is 0 Å². The van der Waals surface area contributed by atoms with E-state index in [-0.39, 0.29) is 0 Å². The van der Waals surface area contributed by atoms with E-state index >= 15 is 0 Å². The van der Waals surface area contributed by atoms with Gasteiger partial charge in [-0.05, 0) is 32.7 Å². The molecule has 0 bridgehead atoms. The summed E-state index contributed by atoms with van der Waals surface area (Å²) in [6.45, 7) is 0. The van der Waals surface area contributed by atoms with E-state index < -0.39 is 0 Å². The second kappa shape index (κ2) is 6.26. The molecule has 0 radical (unpaired) electrons. The Labute approximate surface area is 106 Å². The van der Waals surface area contributed by atoms with Crippen molar-refractivity contribution >= 4 is 11.6 Å². The number of alkyl halides is 1. The highest BCUT2D eigenvalue weighted by atomic mass is 35.5. The van der Waals surface area contributed by atoms with Crippen molar-refractivity contribution in [1.29, 1.82) is 0 Å². The number of halogens is 1. The highest BCUT2D eigenvalue weighted by Crippen LogP contribution is 2.30. The van der Waals surface area contributed by atoms with Gasteiger partial charge in [-0.1, -0.05) is 38.5 Å². The van der Waals surface area contributed by atoms with Gasteiger partial charge in [0.1, 0.15) is 0 Å². The van der Waals surface area contributed by atoms with Crippen LogP contribution in [0.15, 0.2) is 0 Å². The smallest absolute Gasteiger partial charge is 0.0491 e. The molecule has 2 atom stereocenters. The molecule has 0 amide bonds. The molecule has 2 aliphatic carbocycles. The quantitative estimate of drug-likeness (QED) is 0.519. The van der Waals surface area contributed by atoms with Crippen molar-refractivity contribution in [2.75, 3.05) is 7.05 Å². The summed E-state index contributed by atoms with van der Waals surface area (Å²) in [4.78, 5) is 2.63. The first-order chi connectivity index (χ1) is 7.79. The molecule has 2 saturated carbocycles. The van der Waals surface area contributed by atoms with Crippen LogP contribution in [-0.4, -0.2) is 29.4 Å². The summed E-state index contributed by atoms with van der Waals surface area (Å²) in [6.07, 6.45) is 13.8. The molecule has 0 spiro atoms. The van der Waals surface area contributed by atoms with Gasteiger partial charge in [-0.15, -0.1) is 11.6 Å². The first-order valence-electron chi connectivity index (χ1n) is 7.15. The minimum Gasteiger partial charge on any atom is -0.299 e. The van der Waals surface area contributed by atoms with Crippen molar-refractivity contribution in [2.45, 2.75) is 81.7 Å². The Hall–Kier alpha value is 0.250. The van der Waals surface area contributed by atoms with E-state index in [0.717, 1.165) is 6.04 Å². The Morgan fingerprint density at radius 2 is 1.38 bits per heavy atom. The van der Waals surface area contributed by atoms with E-state index in [1.165, 1.54) is 64.2 Å². The molecule has 2 aliphatic rings. The first-order valence-corrected chi connectivity index (χ1v) is 7.58. The van der Waals surface area contributed by atoms with Crippen LogP contribution >= 0.6 is 11.6 Å². The van der Waals surface area contributed by atoms with Gasteiger partial charge in [0.2, 0.25) is 0 Å². The third-order valence-electron chi connectivity index (χ3n) is 4.57. The summed E-state index contributed by atoms with van der Waals surface area (Å²) in [5, 5.41) is 0.405. The van der Waals surface area contributed by atoms with Crippen LogP contribution in [0.1, 0.15) is 64.2 Å². The van der Waals surface area contributed by atoms with Crippen molar-refractivity contribution in [3.05, 3.63) is 0 Å². The van der Waals surface area contributed by atoms with Crippen LogP contribution in [0.3, 0.4) is 0 Å². The van der Waals surface area contributed by atoms with E-state index in [1.54, 1.807) is 0 Å². The van der Waals surface area contributed by atoms with Crippen LogP contribution in [-0.2, 0) is 0 Å². The molecule has 1 nitrogen and oxygen atoms in total. The topological polar surface area (TPSA) is 3.24 Å². The fourth-order valence-electron chi connectivity index (χ4n) is 3.46. The third kappa shape index (κ3) is 3.13. The molecule has 0 aliphatic heterocycles. The molecule has 0 saturated heterocycles. The molecule has 2 rings (SSSR count). The zero-order valence-corrected chi connectivity index (χ0v) is 11.4. The molecular formula is C14H26ClN. The zero-order chi connectivity index (χ0) is 11.4. The van der Waals surface area contributed by atoms with E-state index in [1.807, 2.05) is 0 Å². The van der Waals surface area contributed by atoms with Crippen LogP contribution in [0.2, 0.25) is 0 Å². The lowest BCUT2D eigenvalue weighted by Gasteiger charge is -2.39. The van der Waals surface area contributed by atoms with Crippen LogP contribution in [0, 0.1) is 0 Å². The van der Waals surface area contributed by atoms with Gasteiger partial charge in [0.25, 0.3) is 0 Å². The second-order valence-electron chi connectivity index (χ2n) is 5.68. The summed E-state index contributed by atoms with van der Waals surface area (Å²) < 4.78 is 0. The molecular weight excluding hydrogens is 218 g/mol. The van der Waals surface area contributed by atoms with Gasteiger partial charge in [-0.25, -0.2) is 0 Å². The summed E-state index contributed by atoms with van der Waals surface area (Å²) >= 11 is 6.50. The summed E-state index contributed by atoms with van der Waals surface area (Å²) in [5.74, 6) is 0. The lowest BCUT2D eigenvalue weighted by atomic mass is 9.92. The largest absolute Gasteiger partial charge is 0.299 e. The Morgan fingerprint density at radius 1 is 0.812 bits per heavy atom. The SMILES string of the molecule is CN(C1CCCCCC1)C1CCCCC1Cl. The molecule has 0 N–H and O–H groups in total. The molecule has 0 heterocycles. The molecule has 2 unspecified atom stereocenters. The van der Waals surface area contributed by atoms with Gasteiger partial charge < -0.3 is 0 Å². The maximum atomic E-state index is 6.50. The summed E-state index contributed by atoms with van der Waals surface area (Å²) in [7, 11) is 2.32. The highest BCUT2D eigenvalue weighted by Gasteiger charge is 2.30. The van der Waals surface area contributed by atoms with Gasteiger partial charge in [-0.3, -0.25) is 4.90 Å². The van der Waals surface area contributed by atoms with Crippen LogP contribution in [0.4, 0.5) is 0 Å². The Balaban J connectivity index is 1.90. The maximum absolute atomic E-state index is 6.50. The molecule has 16 heavy (non-hydrogen) atoms. The predicted octanol–water partition coefficient (Wildman–Crippen LogP) is 4.19. The molecule has 94 valence electrons. The van der Waals surface area contributed by atoms with Gasteiger partial charge in [0, 0.05) is 17.5 Å². The number of nitrogens with zero attached hydrogens (tertiary/aromatic N) is 1. The standard InChI is InChI=1S/C14H26ClN/c1-16(12-8-4-2-3-5-9-12)14-11-7-6-10-13(14)15/h12-14H,2-11H2,1H3. The first kappa shape index (κ1) is 12.7. The average Bonchev–Trinajstić information content (AvgIpc) is 2.57. The Morgan fingerprint density at radius 3 is 2.00 bits per heavy atom. The molecule has 2 fully saturated rings. The van der Waals surface area contributed by atoms with Crippen molar-refractivity contribution in [3.8, 4) is 0 Å². The lowest BCUT2D eigenvalue weighted by molar-refractivity contribution is 0.129. The number of rotatable bonds is 2. The van der Waals surface area contributed by atoms with Crippen molar-refractivity contribution in [1.82, 2.24) is 4.90 Å². The predicted molar refractivity (Wildman–Crippen MR) is 71.2 cm³/mol. The van der Waals surface area contributed by atoms with E-state index in [0.29, 0.717) is 11.4 Å². The fraction of sp³-hybridized carbons (Fsp3) is 1.00. The Bertz CT molecular complexity index is 199. The number of hydrogen-bond acceptors (Lipinski definition) is 1. The second-order valence-corrected chi connectivity index (χ2v) is 6.24. The van der Waals surface area contributed by atoms with Crippen LogP contribution in [0.5, 0.6) is 0 Å². The van der Waals surface area contributed by atoms with Crippen molar-refractivity contribution < 1.29 is 0 Å².